The summed E-state index contributed by atoms with van der Waals surface area (Å²) in [5, 5.41) is 9.41. The van der Waals surface area contributed by atoms with Crippen LogP contribution in [0.3, 0.4) is 0 Å². The van der Waals surface area contributed by atoms with Crippen molar-refractivity contribution in [1.82, 2.24) is 19.6 Å². The Morgan fingerprint density at radius 1 is 1.35 bits per heavy atom. The van der Waals surface area contributed by atoms with E-state index >= 15 is 0 Å². The van der Waals surface area contributed by atoms with E-state index in [2.05, 4.69) is 24.0 Å². The van der Waals surface area contributed by atoms with E-state index in [4.69, 9.17) is 11.6 Å². The quantitative estimate of drug-likeness (QED) is 0.837. The van der Waals surface area contributed by atoms with Gasteiger partial charge in [-0.25, -0.2) is 0 Å². The van der Waals surface area contributed by atoms with Gasteiger partial charge in [0.2, 0.25) is 0 Å². The number of halogens is 1. The van der Waals surface area contributed by atoms with Gasteiger partial charge < -0.3 is 0 Å². The fourth-order valence-electron chi connectivity index (χ4n) is 2.01. The summed E-state index contributed by atoms with van der Waals surface area (Å²) >= 11 is 6.24. The minimum absolute atomic E-state index is 0.365. The zero-order valence-electron chi connectivity index (χ0n) is 10.4. The highest BCUT2D eigenvalue weighted by Crippen LogP contribution is 2.26. The van der Waals surface area contributed by atoms with Gasteiger partial charge in [0.05, 0.1) is 11.7 Å². The fourth-order valence-corrected chi connectivity index (χ4v) is 2.29. The maximum absolute atomic E-state index is 6.24. The van der Waals surface area contributed by atoms with Crippen LogP contribution in [0.5, 0.6) is 0 Å². The summed E-state index contributed by atoms with van der Waals surface area (Å²) < 4.78 is 3.71. The molecule has 2 rings (SSSR count). The summed E-state index contributed by atoms with van der Waals surface area (Å²) in [6, 6.07) is 4.21. The van der Waals surface area contributed by atoms with Crippen molar-refractivity contribution >= 4 is 11.6 Å². The molecule has 17 heavy (non-hydrogen) atoms. The third kappa shape index (κ3) is 2.22. The molecular formula is C12H17ClN4. The Bertz CT molecular complexity index is 496. The van der Waals surface area contributed by atoms with E-state index in [0.29, 0.717) is 11.2 Å². The summed E-state index contributed by atoms with van der Waals surface area (Å²) in [5.41, 5.74) is 1.86. The minimum Gasteiger partial charge on any atom is -0.266 e. The molecule has 2 aromatic heterocycles. The second-order valence-electron chi connectivity index (χ2n) is 4.11. The van der Waals surface area contributed by atoms with Crippen LogP contribution in [0.1, 0.15) is 32.7 Å². The van der Waals surface area contributed by atoms with Crippen LogP contribution < -0.4 is 0 Å². The topological polar surface area (TPSA) is 35.6 Å². The molecule has 0 amide bonds. The molecule has 5 heteroatoms. The molecule has 0 saturated carbocycles. The Balaban J connectivity index is 2.40. The zero-order chi connectivity index (χ0) is 12.4. The van der Waals surface area contributed by atoms with E-state index < -0.39 is 0 Å². The first kappa shape index (κ1) is 12.2. The van der Waals surface area contributed by atoms with Crippen LogP contribution in [0.2, 0.25) is 5.15 Å². The van der Waals surface area contributed by atoms with Crippen molar-refractivity contribution in [1.29, 1.82) is 0 Å². The van der Waals surface area contributed by atoms with Crippen molar-refractivity contribution in [3.63, 3.8) is 0 Å². The van der Waals surface area contributed by atoms with Crippen molar-refractivity contribution in [3.8, 4) is 11.4 Å². The highest BCUT2D eigenvalue weighted by molar-refractivity contribution is 6.29. The minimum atomic E-state index is 0.365. The molecule has 0 aromatic carbocycles. The van der Waals surface area contributed by atoms with Gasteiger partial charge in [-0.3, -0.25) is 9.36 Å². The Morgan fingerprint density at radius 3 is 2.59 bits per heavy atom. The number of rotatable bonds is 4. The first-order valence-corrected chi connectivity index (χ1v) is 6.28. The number of aromatic nitrogens is 4. The molecule has 0 bridgehead atoms. The fraction of sp³-hybridized carbons (Fsp3) is 0.500. The van der Waals surface area contributed by atoms with E-state index in [0.717, 1.165) is 24.2 Å². The molecule has 0 unspecified atom stereocenters. The molecule has 0 fully saturated rings. The second kappa shape index (κ2) is 4.92. The summed E-state index contributed by atoms with van der Waals surface area (Å²) in [4.78, 5) is 0. The molecular weight excluding hydrogens is 236 g/mol. The van der Waals surface area contributed by atoms with Crippen LogP contribution in [-0.2, 0) is 7.05 Å². The van der Waals surface area contributed by atoms with Crippen molar-refractivity contribution < 1.29 is 0 Å². The number of hydrogen-bond donors (Lipinski definition) is 0. The number of nitrogens with zero attached hydrogens (tertiary/aromatic N) is 4. The van der Waals surface area contributed by atoms with Crippen molar-refractivity contribution in [2.24, 2.45) is 7.05 Å². The predicted octanol–water partition coefficient (Wildman–Crippen LogP) is 3.30. The lowest BCUT2D eigenvalue weighted by molar-refractivity contribution is 0.430. The number of hydrogen-bond acceptors (Lipinski definition) is 2. The predicted molar refractivity (Wildman–Crippen MR) is 69.1 cm³/mol. The van der Waals surface area contributed by atoms with Crippen LogP contribution in [0.4, 0.5) is 0 Å². The van der Waals surface area contributed by atoms with Gasteiger partial charge in [-0.05, 0) is 18.9 Å². The molecule has 0 radical (unpaired) electrons. The van der Waals surface area contributed by atoms with Gasteiger partial charge in [0.1, 0.15) is 10.8 Å². The number of aryl methyl sites for hydroxylation is 1. The first-order valence-electron chi connectivity index (χ1n) is 5.90. The van der Waals surface area contributed by atoms with E-state index in [1.807, 2.05) is 23.9 Å². The van der Waals surface area contributed by atoms with E-state index in [1.165, 1.54) is 0 Å². The Morgan fingerprint density at radius 2 is 2.06 bits per heavy atom. The first-order chi connectivity index (χ1) is 8.17. The zero-order valence-corrected chi connectivity index (χ0v) is 11.1. The molecule has 0 N–H and O–H groups in total. The SMILES string of the molecule is CCC(CC)n1nc(-c2ccnn2C)cc1Cl. The standard InChI is InChI=1S/C12H17ClN4/c1-4-9(5-2)17-12(13)8-10(15-17)11-6-7-14-16(11)3/h6-9H,4-5H2,1-3H3. The molecule has 2 heterocycles. The molecule has 0 aliphatic rings. The monoisotopic (exact) mass is 252 g/mol. The normalized spacial score (nSPS) is 11.4. The average Bonchev–Trinajstić information content (AvgIpc) is 2.88. The molecule has 2 aromatic rings. The molecule has 0 saturated heterocycles. The van der Waals surface area contributed by atoms with Crippen molar-refractivity contribution in [3.05, 3.63) is 23.5 Å². The Hall–Kier alpha value is -1.29. The van der Waals surface area contributed by atoms with Gasteiger partial charge in [0, 0.05) is 19.3 Å². The highest BCUT2D eigenvalue weighted by Gasteiger charge is 2.15. The van der Waals surface area contributed by atoms with E-state index in [9.17, 15) is 0 Å². The lowest BCUT2D eigenvalue weighted by Gasteiger charge is -2.13. The van der Waals surface area contributed by atoms with E-state index in [1.54, 1.807) is 10.9 Å². The summed E-state index contributed by atoms with van der Waals surface area (Å²) in [6.07, 6.45) is 3.82. The average molecular weight is 253 g/mol. The maximum Gasteiger partial charge on any atom is 0.128 e. The third-order valence-electron chi connectivity index (χ3n) is 3.06. The van der Waals surface area contributed by atoms with Crippen LogP contribution in [-0.4, -0.2) is 19.6 Å². The smallest absolute Gasteiger partial charge is 0.128 e. The van der Waals surface area contributed by atoms with Crippen LogP contribution >= 0.6 is 11.6 Å². The summed E-state index contributed by atoms with van der Waals surface area (Å²) in [6.45, 7) is 4.30. The summed E-state index contributed by atoms with van der Waals surface area (Å²) in [5.74, 6) is 0. The molecule has 0 aliphatic carbocycles. The molecule has 0 spiro atoms. The van der Waals surface area contributed by atoms with Crippen molar-refractivity contribution in [2.45, 2.75) is 32.7 Å². The third-order valence-corrected chi connectivity index (χ3v) is 3.34. The van der Waals surface area contributed by atoms with Crippen molar-refractivity contribution in [2.75, 3.05) is 0 Å². The molecule has 0 atom stereocenters. The van der Waals surface area contributed by atoms with Gasteiger partial charge in [-0.2, -0.15) is 10.2 Å². The Labute approximate surface area is 106 Å². The van der Waals surface area contributed by atoms with Crippen LogP contribution in [0.15, 0.2) is 18.3 Å². The maximum atomic E-state index is 6.24. The van der Waals surface area contributed by atoms with Crippen LogP contribution in [0.25, 0.3) is 11.4 Å². The van der Waals surface area contributed by atoms with Gasteiger partial charge in [-0.1, -0.05) is 25.4 Å². The van der Waals surface area contributed by atoms with Gasteiger partial charge in [0.25, 0.3) is 0 Å². The molecule has 4 nitrogen and oxygen atoms in total. The largest absolute Gasteiger partial charge is 0.266 e. The molecule has 92 valence electrons. The van der Waals surface area contributed by atoms with E-state index in [-0.39, 0.29) is 0 Å². The van der Waals surface area contributed by atoms with Gasteiger partial charge in [0.15, 0.2) is 0 Å². The lowest BCUT2D eigenvalue weighted by atomic mass is 10.2. The van der Waals surface area contributed by atoms with Crippen LogP contribution in [0, 0.1) is 0 Å². The second-order valence-corrected chi connectivity index (χ2v) is 4.49. The lowest BCUT2D eigenvalue weighted by Crippen LogP contribution is -2.09. The molecule has 0 aliphatic heterocycles. The highest BCUT2D eigenvalue weighted by atomic mass is 35.5. The summed E-state index contributed by atoms with van der Waals surface area (Å²) in [7, 11) is 1.90. The van der Waals surface area contributed by atoms with Gasteiger partial charge >= 0.3 is 0 Å². The van der Waals surface area contributed by atoms with Gasteiger partial charge in [-0.15, -0.1) is 0 Å². The Kier molecular flexibility index (Phi) is 3.52.